The highest BCUT2D eigenvalue weighted by molar-refractivity contribution is 7.99. The summed E-state index contributed by atoms with van der Waals surface area (Å²) in [7, 11) is 5.04. The number of carbonyl (C=O) groups excluding carboxylic acids is 1. The van der Waals surface area contributed by atoms with Crippen LogP contribution in [0.1, 0.15) is 99.3 Å². The summed E-state index contributed by atoms with van der Waals surface area (Å²) in [5.41, 5.74) is 5.30. The van der Waals surface area contributed by atoms with Crippen LogP contribution in [-0.4, -0.2) is 38.4 Å². The quantitative estimate of drug-likeness (QED) is 0.141. The van der Waals surface area contributed by atoms with Crippen molar-refractivity contribution in [3.05, 3.63) is 107 Å². The minimum Gasteiger partial charge on any atom is -0.496 e. The lowest BCUT2D eigenvalue weighted by Gasteiger charge is -2.57. The predicted octanol–water partition coefficient (Wildman–Crippen LogP) is 12.0. The molecule has 1 N–H and O–H groups in total. The Balaban J connectivity index is 0.000000152. The van der Waals surface area contributed by atoms with E-state index in [1.54, 1.807) is 30.6 Å². The SMILES string of the molecule is COC(=O)Cc1cccc(Sc2ccc(OC)c(C34CC5CC(CC(C5)C3)C4)c2)c1.COc1ccc(Sc2ccc(CC(=O)O)cc2)cc1C12CC3CC(CC(C3)C1)C2. The molecule has 6 nitrogen and oxygen atoms in total. The van der Waals surface area contributed by atoms with Crippen molar-refractivity contribution in [2.45, 2.75) is 120 Å². The molecule has 12 rings (SSSR count). The largest absolute Gasteiger partial charge is 0.496 e. The number of hydrogen-bond acceptors (Lipinski definition) is 7. The molecule has 0 radical (unpaired) electrons. The van der Waals surface area contributed by atoms with Gasteiger partial charge in [0.05, 0.1) is 34.2 Å². The maximum absolute atomic E-state index is 11.6. The molecule has 4 aromatic carbocycles. The number of esters is 1. The number of carbonyl (C=O) groups is 2. The van der Waals surface area contributed by atoms with Crippen LogP contribution in [0.25, 0.3) is 0 Å². The van der Waals surface area contributed by atoms with E-state index < -0.39 is 5.97 Å². The Morgan fingerprint density at radius 2 is 0.966 bits per heavy atom. The summed E-state index contributed by atoms with van der Waals surface area (Å²) in [6.45, 7) is 0. The van der Waals surface area contributed by atoms with Gasteiger partial charge in [-0.2, -0.15) is 0 Å². The molecule has 0 spiro atoms. The zero-order valence-corrected chi connectivity index (χ0v) is 36.4. The van der Waals surface area contributed by atoms with E-state index in [-0.39, 0.29) is 12.4 Å². The normalized spacial score (nSPS) is 29.4. The molecule has 59 heavy (non-hydrogen) atoms. The van der Waals surface area contributed by atoms with Gasteiger partial charge in [0.1, 0.15) is 11.5 Å². The van der Waals surface area contributed by atoms with Crippen LogP contribution in [0.4, 0.5) is 0 Å². The molecule has 8 bridgehead atoms. The summed E-state index contributed by atoms with van der Waals surface area (Å²) in [6.07, 6.45) is 17.0. The number of benzene rings is 4. The van der Waals surface area contributed by atoms with Gasteiger partial charge in [-0.3, -0.25) is 9.59 Å². The number of hydrogen-bond donors (Lipinski definition) is 1. The van der Waals surface area contributed by atoms with Gasteiger partial charge in [-0.15, -0.1) is 0 Å². The van der Waals surface area contributed by atoms with Crippen molar-refractivity contribution in [3.8, 4) is 11.5 Å². The first-order valence-corrected chi connectivity index (χ1v) is 23.4. The van der Waals surface area contributed by atoms with Crippen LogP contribution in [-0.2, 0) is 38.0 Å². The maximum atomic E-state index is 11.6. The Kier molecular flexibility index (Phi) is 11.6. The molecule has 0 aromatic heterocycles. The van der Waals surface area contributed by atoms with Crippen LogP contribution >= 0.6 is 23.5 Å². The minimum atomic E-state index is -0.791. The summed E-state index contributed by atoms with van der Waals surface area (Å²) in [6, 6.07) is 29.5. The Labute approximate surface area is 358 Å². The first-order valence-electron chi connectivity index (χ1n) is 21.8. The maximum Gasteiger partial charge on any atom is 0.309 e. The van der Waals surface area contributed by atoms with E-state index >= 15 is 0 Å². The molecule has 8 aliphatic rings. The predicted molar refractivity (Wildman–Crippen MR) is 234 cm³/mol. The monoisotopic (exact) mass is 830 g/mol. The topological polar surface area (TPSA) is 82.1 Å². The number of ether oxygens (including phenoxy) is 3. The molecule has 310 valence electrons. The van der Waals surface area contributed by atoms with Crippen molar-refractivity contribution in [1.29, 1.82) is 0 Å². The van der Waals surface area contributed by atoms with E-state index in [0.29, 0.717) is 17.3 Å². The average Bonchev–Trinajstić information content (AvgIpc) is 3.21. The van der Waals surface area contributed by atoms with Crippen LogP contribution in [0.2, 0.25) is 0 Å². The number of carboxylic acid groups (broad SMARTS) is 1. The van der Waals surface area contributed by atoms with Crippen LogP contribution in [0, 0.1) is 35.5 Å². The van der Waals surface area contributed by atoms with Gasteiger partial charge in [-0.05, 0) is 195 Å². The molecule has 0 unspecified atom stereocenters. The highest BCUT2D eigenvalue weighted by atomic mass is 32.2. The van der Waals surface area contributed by atoms with Gasteiger partial charge < -0.3 is 19.3 Å². The molecular formula is C51H58O6S2. The summed E-state index contributed by atoms with van der Waals surface area (Å²) in [4.78, 5) is 27.3. The molecule has 8 fully saturated rings. The second-order valence-corrected chi connectivity index (χ2v) is 21.2. The third-order valence-electron chi connectivity index (χ3n) is 14.8. The number of rotatable bonds is 12. The molecule has 0 amide bonds. The smallest absolute Gasteiger partial charge is 0.309 e. The number of carboxylic acids is 1. The second kappa shape index (κ2) is 16.9. The van der Waals surface area contributed by atoms with Gasteiger partial charge in [0.25, 0.3) is 0 Å². The zero-order valence-electron chi connectivity index (χ0n) is 34.8. The van der Waals surface area contributed by atoms with E-state index in [1.165, 1.54) is 105 Å². The fourth-order valence-corrected chi connectivity index (χ4v) is 15.1. The first-order chi connectivity index (χ1) is 28.6. The third kappa shape index (κ3) is 8.68. The van der Waals surface area contributed by atoms with Crippen molar-refractivity contribution in [3.63, 3.8) is 0 Å². The molecule has 0 heterocycles. The summed E-state index contributed by atoms with van der Waals surface area (Å²) >= 11 is 3.52. The van der Waals surface area contributed by atoms with E-state index in [4.69, 9.17) is 19.3 Å². The fraction of sp³-hybridized carbons (Fsp3) is 0.490. The standard InChI is InChI=1S/C26H30O3S.C25H28O3S/c1-28-24-7-6-22(30-21-5-3-4-17(11-21)12-25(27)29-2)13-23(24)26-14-18-8-19(15-26)10-20(9-18)16-26;1-28-23-7-6-21(29-20-4-2-16(3-5-20)11-24(26)27)12-22(23)25-13-17-8-18(14-25)10-19(9-17)15-25/h3-7,11,13,18-20H,8-10,12,14-16H2,1-2H3;2-7,12,17-19H,8-11,13-15H2,1H3,(H,26,27). The minimum absolute atomic E-state index is 0.0731. The van der Waals surface area contributed by atoms with E-state index in [2.05, 4.69) is 48.5 Å². The molecule has 0 aliphatic heterocycles. The van der Waals surface area contributed by atoms with Crippen molar-refractivity contribution in [2.75, 3.05) is 21.3 Å². The Hall–Kier alpha value is -3.88. The summed E-state index contributed by atoms with van der Waals surface area (Å²) in [5, 5.41) is 8.95. The lowest BCUT2D eigenvalue weighted by molar-refractivity contribution is -0.140. The number of aliphatic carboxylic acids is 1. The molecular weight excluding hydrogens is 773 g/mol. The second-order valence-electron chi connectivity index (χ2n) is 18.9. The van der Waals surface area contributed by atoms with E-state index in [9.17, 15) is 9.59 Å². The molecule has 8 saturated carbocycles. The van der Waals surface area contributed by atoms with Gasteiger partial charge in [0.2, 0.25) is 0 Å². The molecule has 8 heteroatoms. The van der Waals surface area contributed by atoms with Gasteiger partial charge in [-0.1, -0.05) is 47.8 Å². The Morgan fingerprint density at radius 3 is 1.39 bits per heavy atom. The summed E-state index contributed by atoms with van der Waals surface area (Å²) in [5.74, 6) is 6.56. The van der Waals surface area contributed by atoms with Crippen molar-refractivity contribution in [2.24, 2.45) is 35.5 Å². The van der Waals surface area contributed by atoms with Crippen LogP contribution in [0.5, 0.6) is 11.5 Å². The lowest BCUT2D eigenvalue weighted by Crippen LogP contribution is -2.48. The van der Waals surface area contributed by atoms with Gasteiger partial charge in [0.15, 0.2) is 0 Å². The van der Waals surface area contributed by atoms with Gasteiger partial charge in [-0.25, -0.2) is 0 Å². The van der Waals surface area contributed by atoms with Gasteiger partial charge >= 0.3 is 11.9 Å². The zero-order chi connectivity index (χ0) is 40.7. The van der Waals surface area contributed by atoms with Crippen molar-refractivity contribution < 1.29 is 28.9 Å². The van der Waals surface area contributed by atoms with E-state index in [1.807, 2.05) is 43.5 Å². The molecule has 0 saturated heterocycles. The number of methoxy groups -OCH3 is 3. The molecule has 4 aromatic rings. The van der Waals surface area contributed by atoms with Gasteiger partial charge in [0, 0.05) is 30.7 Å². The lowest BCUT2D eigenvalue weighted by atomic mass is 9.48. The molecule has 0 atom stereocenters. The van der Waals surface area contributed by atoms with Crippen LogP contribution in [0.15, 0.2) is 105 Å². The Morgan fingerprint density at radius 1 is 0.542 bits per heavy atom. The van der Waals surface area contributed by atoms with Crippen molar-refractivity contribution in [1.82, 2.24) is 0 Å². The highest BCUT2D eigenvalue weighted by Crippen LogP contribution is 2.63. The first kappa shape index (κ1) is 40.5. The summed E-state index contributed by atoms with van der Waals surface area (Å²) < 4.78 is 16.5. The average molecular weight is 831 g/mol. The van der Waals surface area contributed by atoms with Crippen molar-refractivity contribution >= 4 is 35.5 Å². The molecule has 8 aliphatic carbocycles. The Bertz CT molecular complexity index is 2110. The third-order valence-corrected chi connectivity index (χ3v) is 16.8. The fourth-order valence-electron chi connectivity index (χ4n) is 13.3. The van der Waals surface area contributed by atoms with E-state index in [0.717, 1.165) is 67.9 Å². The van der Waals surface area contributed by atoms with Crippen LogP contribution < -0.4 is 9.47 Å². The van der Waals surface area contributed by atoms with Crippen LogP contribution in [0.3, 0.4) is 0 Å². The highest BCUT2D eigenvalue weighted by Gasteiger charge is 2.54.